The number of aromatic nitrogens is 1. The van der Waals surface area contributed by atoms with Crippen LogP contribution >= 0.6 is 15.9 Å². The van der Waals surface area contributed by atoms with E-state index in [1.165, 1.54) is 0 Å². The molecule has 4 nitrogen and oxygen atoms in total. The van der Waals surface area contributed by atoms with Crippen molar-refractivity contribution in [3.63, 3.8) is 0 Å². The summed E-state index contributed by atoms with van der Waals surface area (Å²) in [4.78, 5) is 0. The van der Waals surface area contributed by atoms with Crippen LogP contribution in [0.2, 0.25) is 0 Å². The number of benzene rings is 3. The first-order valence-corrected chi connectivity index (χ1v) is 10.1. The molecule has 1 heterocycles. The number of aliphatic hydroxyl groups is 1. The maximum Gasteiger partial charge on any atom is 0.173 e. The second-order valence-electron chi connectivity index (χ2n) is 6.76. The molecule has 146 valence electrons. The SMILES string of the molecule is Cc1noc(-c2ccc(Br)cc2)c1C(O)c1ccc(OCc2ccccc2)cc1. The van der Waals surface area contributed by atoms with Gasteiger partial charge in [0.25, 0.3) is 0 Å². The average molecular weight is 450 g/mol. The molecule has 0 saturated heterocycles. The van der Waals surface area contributed by atoms with Crippen molar-refractivity contribution >= 4 is 15.9 Å². The molecule has 0 spiro atoms. The van der Waals surface area contributed by atoms with Gasteiger partial charge in [-0.3, -0.25) is 0 Å². The third-order valence-corrected chi connectivity index (χ3v) is 5.26. The van der Waals surface area contributed by atoms with Crippen LogP contribution < -0.4 is 4.74 Å². The van der Waals surface area contributed by atoms with Crippen LogP contribution in [0.25, 0.3) is 11.3 Å². The lowest BCUT2D eigenvalue weighted by atomic mass is 9.97. The third-order valence-electron chi connectivity index (χ3n) is 4.73. The number of hydrogen-bond donors (Lipinski definition) is 1. The summed E-state index contributed by atoms with van der Waals surface area (Å²) in [7, 11) is 0. The van der Waals surface area contributed by atoms with Crippen molar-refractivity contribution in [2.75, 3.05) is 0 Å². The third kappa shape index (κ3) is 4.42. The molecule has 0 bridgehead atoms. The Morgan fingerprint density at radius 1 is 0.966 bits per heavy atom. The monoisotopic (exact) mass is 449 g/mol. The summed E-state index contributed by atoms with van der Waals surface area (Å²) in [5.74, 6) is 1.33. The van der Waals surface area contributed by atoms with Crippen LogP contribution in [0.1, 0.15) is 28.5 Å². The number of aryl methyl sites for hydroxylation is 1. The van der Waals surface area contributed by atoms with Crippen molar-refractivity contribution in [1.82, 2.24) is 5.16 Å². The molecule has 5 heteroatoms. The van der Waals surface area contributed by atoms with Crippen molar-refractivity contribution in [2.45, 2.75) is 19.6 Å². The molecule has 1 aromatic heterocycles. The van der Waals surface area contributed by atoms with Gasteiger partial charge in [0.2, 0.25) is 0 Å². The minimum absolute atomic E-state index is 0.501. The summed E-state index contributed by atoms with van der Waals surface area (Å²) in [5, 5.41) is 15.1. The maximum absolute atomic E-state index is 11.0. The summed E-state index contributed by atoms with van der Waals surface area (Å²) >= 11 is 3.43. The Hall–Kier alpha value is -2.89. The Morgan fingerprint density at radius 3 is 2.34 bits per heavy atom. The first-order valence-electron chi connectivity index (χ1n) is 9.28. The highest BCUT2D eigenvalue weighted by atomic mass is 79.9. The molecule has 0 saturated carbocycles. The highest BCUT2D eigenvalue weighted by Gasteiger charge is 2.23. The van der Waals surface area contributed by atoms with Crippen LogP contribution in [0.5, 0.6) is 5.75 Å². The summed E-state index contributed by atoms with van der Waals surface area (Å²) < 4.78 is 12.3. The summed E-state index contributed by atoms with van der Waals surface area (Å²) in [6.45, 7) is 2.34. The second-order valence-corrected chi connectivity index (χ2v) is 7.68. The van der Waals surface area contributed by atoms with E-state index in [0.717, 1.165) is 26.9 Å². The Kier molecular flexibility index (Phi) is 5.79. The molecule has 0 fully saturated rings. The lowest BCUT2D eigenvalue weighted by Crippen LogP contribution is -2.02. The fourth-order valence-electron chi connectivity index (χ4n) is 3.16. The fourth-order valence-corrected chi connectivity index (χ4v) is 3.43. The second kappa shape index (κ2) is 8.64. The first kappa shape index (κ1) is 19.4. The Labute approximate surface area is 177 Å². The molecular weight excluding hydrogens is 430 g/mol. The molecule has 3 aromatic carbocycles. The van der Waals surface area contributed by atoms with Crippen LogP contribution in [0.3, 0.4) is 0 Å². The van der Waals surface area contributed by atoms with E-state index < -0.39 is 6.10 Å². The number of halogens is 1. The van der Waals surface area contributed by atoms with Gasteiger partial charge in [0, 0.05) is 10.0 Å². The molecule has 0 aliphatic carbocycles. The van der Waals surface area contributed by atoms with Crippen molar-refractivity contribution in [2.24, 2.45) is 0 Å². The van der Waals surface area contributed by atoms with Gasteiger partial charge in [0.15, 0.2) is 5.76 Å². The van der Waals surface area contributed by atoms with Gasteiger partial charge in [-0.2, -0.15) is 0 Å². The highest BCUT2D eigenvalue weighted by molar-refractivity contribution is 9.10. The lowest BCUT2D eigenvalue weighted by Gasteiger charge is -2.13. The summed E-state index contributed by atoms with van der Waals surface area (Å²) in [6.07, 6.45) is -0.844. The van der Waals surface area contributed by atoms with E-state index in [-0.39, 0.29) is 0 Å². The van der Waals surface area contributed by atoms with E-state index in [4.69, 9.17) is 9.26 Å². The minimum atomic E-state index is -0.844. The Balaban J connectivity index is 1.53. The smallest absolute Gasteiger partial charge is 0.173 e. The zero-order chi connectivity index (χ0) is 20.2. The standard InChI is InChI=1S/C24H20BrNO3/c1-16-22(24(29-26-16)19-7-11-20(25)12-8-19)23(27)18-9-13-21(14-10-18)28-15-17-5-3-2-4-6-17/h2-14,23,27H,15H2,1H3. The highest BCUT2D eigenvalue weighted by Crippen LogP contribution is 2.35. The van der Waals surface area contributed by atoms with Crippen molar-refractivity contribution in [1.29, 1.82) is 0 Å². The van der Waals surface area contributed by atoms with E-state index in [0.29, 0.717) is 23.6 Å². The maximum atomic E-state index is 11.0. The van der Waals surface area contributed by atoms with E-state index in [2.05, 4.69) is 21.1 Å². The molecule has 0 aliphatic heterocycles. The van der Waals surface area contributed by atoms with Gasteiger partial charge in [-0.1, -0.05) is 75.7 Å². The number of aliphatic hydroxyl groups excluding tert-OH is 1. The average Bonchev–Trinajstić information content (AvgIpc) is 3.15. The molecule has 4 aromatic rings. The van der Waals surface area contributed by atoms with Crippen LogP contribution in [0.4, 0.5) is 0 Å². The van der Waals surface area contributed by atoms with E-state index in [1.54, 1.807) is 0 Å². The Bertz CT molecular complexity index is 1070. The van der Waals surface area contributed by atoms with Gasteiger partial charge in [-0.05, 0) is 42.3 Å². The molecule has 4 rings (SSSR count). The first-order chi connectivity index (χ1) is 14.1. The molecule has 0 aliphatic rings. The van der Waals surface area contributed by atoms with Gasteiger partial charge < -0.3 is 14.4 Å². The molecule has 0 radical (unpaired) electrons. The largest absolute Gasteiger partial charge is 0.489 e. The van der Waals surface area contributed by atoms with E-state index in [1.807, 2.05) is 85.8 Å². The molecule has 1 N–H and O–H groups in total. The summed E-state index contributed by atoms with van der Waals surface area (Å²) in [6, 6.07) is 25.2. The van der Waals surface area contributed by atoms with Gasteiger partial charge in [0.1, 0.15) is 18.5 Å². The molecule has 29 heavy (non-hydrogen) atoms. The molecule has 1 atom stereocenters. The van der Waals surface area contributed by atoms with Gasteiger partial charge in [0.05, 0.1) is 11.3 Å². The van der Waals surface area contributed by atoms with Gasteiger partial charge >= 0.3 is 0 Å². The fraction of sp³-hybridized carbons (Fsp3) is 0.125. The zero-order valence-electron chi connectivity index (χ0n) is 15.9. The van der Waals surface area contributed by atoms with Crippen LogP contribution in [-0.4, -0.2) is 10.3 Å². The zero-order valence-corrected chi connectivity index (χ0v) is 17.5. The minimum Gasteiger partial charge on any atom is -0.489 e. The normalized spacial score (nSPS) is 12.0. The number of hydrogen-bond acceptors (Lipinski definition) is 4. The van der Waals surface area contributed by atoms with Crippen molar-refractivity contribution < 1.29 is 14.4 Å². The number of nitrogens with zero attached hydrogens (tertiary/aromatic N) is 1. The van der Waals surface area contributed by atoms with E-state index >= 15 is 0 Å². The summed E-state index contributed by atoms with van der Waals surface area (Å²) in [5.41, 5.74) is 4.06. The predicted octanol–water partition coefficient (Wildman–Crippen LogP) is 6.07. The molecular formula is C24H20BrNO3. The number of rotatable bonds is 6. The van der Waals surface area contributed by atoms with E-state index in [9.17, 15) is 5.11 Å². The van der Waals surface area contributed by atoms with Crippen LogP contribution in [0, 0.1) is 6.92 Å². The van der Waals surface area contributed by atoms with Gasteiger partial charge in [-0.25, -0.2) is 0 Å². The quantitative estimate of drug-likeness (QED) is 0.387. The Morgan fingerprint density at radius 2 is 1.66 bits per heavy atom. The molecule has 0 amide bonds. The van der Waals surface area contributed by atoms with Crippen LogP contribution in [0.15, 0.2) is 87.9 Å². The van der Waals surface area contributed by atoms with Crippen molar-refractivity contribution in [3.05, 3.63) is 106 Å². The van der Waals surface area contributed by atoms with Crippen LogP contribution in [-0.2, 0) is 6.61 Å². The lowest BCUT2D eigenvalue weighted by molar-refractivity contribution is 0.219. The van der Waals surface area contributed by atoms with Crippen molar-refractivity contribution in [3.8, 4) is 17.1 Å². The predicted molar refractivity (Wildman–Crippen MR) is 116 cm³/mol. The topological polar surface area (TPSA) is 55.5 Å². The van der Waals surface area contributed by atoms with Gasteiger partial charge in [-0.15, -0.1) is 0 Å². The molecule has 1 unspecified atom stereocenters. The number of ether oxygens (including phenoxy) is 1.